The summed E-state index contributed by atoms with van der Waals surface area (Å²) in [7, 11) is 0. The number of nitrogens with one attached hydrogen (secondary N) is 1. The topological polar surface area (TPSA) is 32.9 Å². The minimum Gasteiger partial charge on any atom is -0.362 e. The summed E-state index contributed by atoms with van der Waals surface area (Å²) in [4.78, 5) is 15.4. The number of pyridine rings is 1. The van der Waals surface area contributed by atoms with E-state index in [1.165, 1.54) is 11.4 Å². The van der Waals surface area contributed by atoms with Gasteiger partial charge >= 0.3 is 0 Å². The lowest BCUT2D eigenvalue weighted by molar-refractivity contribution is 0.871. The van der Waals surface area contributed by atoms with Crippen LogP contribution < -0.4 is 5.43 Å². The second-order valence-corrected chi connectivity index (χ2v) is 4.08. The third-order valence-corrected chi connectivity index (χ3v) is 3.29. The van der Waals surface area contributed by atoms with Gasteiger partial charge in [-0.1, -0.05) is 0 Å². The van der Waals surface area contributed by atoms with Crippen molar-refractivity contribution in [1.82, 2.24) is 4.98 Å². The number of rotatable bonds is 0. The Balaban J connectivity index is 2.33. The molecule has 2 heteroatoms. The minimum atomic E-state index is 0.360. The average molecular weight is 175 g/mol. The van der Waals surface area contributed by atoms with Gasteiger partial charge in [0.15, 0.2) is 5.43 Å². The van der Waals surface area contributed by atoms with Crippen LogP contribution in [0.25, 0.3) is 0 Å². The van der Waals surface area contributed by atoms with E-state index in [1.807, 2.05) is 0 Å². The molecule has 1 aromatic heterocycles. The quantitative estimate of drug-likeness (QED) is 0.634. The lowest BCUT2D eigenvalue weighted by Gasteiger charge is -2.03. The molecule has 3 rings (SSSR count). The molecule has 0 radical (unpaired) electrons. The highest BCUT2D eigenvalue weighted by Gasteiger charge is 2.22. The maximum atomic E-state index is 11.9. The SMILES string of the molecule is O=c1c2c([nH]c3c1CCC3)CCC2. The Morgan fingerprint density at radius 3 is 1.92 bits per heavy atom. The van der Waals surface area contributed by atoms with E-state index in [1.54, 1.807) is 0 Å². The van der Waals surface area contributed by atoms with Gasteiger partial charge in [-0.25, -0.2) is 0 Å². The molecule has 0 atom stereocenters. The molecule has 1 heterocycles. The molecule has 0 aromatic carbocycles. The monoisotopic (exact) mass is 175 g/mol. The van der Waals surface area contributed by atoms with E-state index < -0.39 is 0 Å². The molecule has 1 N–H and O–H groups in total. The second kappa shape index (κ2) is 2.47. The predicted octanol–water partition coefficient (Wildman–Crippen LogP) is 1.35. The van der Waals surface area contributed by atoms with Gasteiger partial charge in [0.2, 0.25) is 0 Å². The highest BCUT2D eigenvalue weighted by Crippen LogP contribution is 2.23. The Labute approximate surface area is 77.0 Å². The molecule has 0 saturated carbocycles. The van der Waals surface area contributed by atoms with Crippen LogP contribution in [0.15, 0.2) is 4.79 Å². The maximum absolute atomic E-state index is 11.9. The van der Waals surface area contributed by atoms with Crippen molar-refractivity contribution in [2.75, 3.05) is 0 Å². The highest BCUT2D eigenvalue weighted by molar-refractivity contribution is 5.35. The maximum Gasteiger partial charge on any atom is 0.188 e. The molecule has 2 aliphatic rings. The van der Waals surface area contributed by atoms with Crippen molar-refractivity contribution >= 4 is 0 Å². The fourth-order valence-electron chi connectivity index (χ4n) is 2.63. The molecular formula is C11H13NO. The van der Waals surface area contributed by atoms with E-state index in [-0.39, 0.29) is 0 Å². The van der Waals surface area contributed by atoms with E-state index in [0.717, 1.165) is 49.7 Å². The Morgan fingerprint density at radius 2 is 1.38 bits per heavy atom. The van der Waals surface area contributed by atoms with Gasteiger partial charge in [-0.15, -0.1) is 0 Å². The van der Waals surface area contributed by atoms with Crippen LogP contribution in [0.3, 0.4) is 0 Å². The standard InChI is InChI=1S/C11H13NO/c13-11-7-3-1-5-9(7)12-10-6-2-4-8(10)11/h1-6H2,(H,12,13). The number of hydrogen-bond donors (Lipinski definition) is 1. The van der Waals surface area contributed by atoms with Gasteiger partial charge in [0.05, 0.1) is 0 Å². The van der Waals surface area contributed by atoms with Crippen LogP contribution in [-0.2, 0) is 25.7 Å². The first-order valence-corrected chi connectivity index (χ1v) is 5.12. The van der Waals surface area contributed by atoms with E-state index in [4.69, 9.17) is 0 Å². The van der Waals surface area contributed by atoms with Crippen LogP contribution >= 0.6 is 0 Å². The molecule has 0 spiro atoms. The van der Waals surface area contributed by atoms with Gasteiger partial charge < -0.3 is 4.98 Å². The predicted molar refractivity (Wildman–Crippen MR) is 51.1 cm³/mol. The number of aromatic amines is 1. The summed E-state index contributed by atoms with van der Waals surface area (Å²) in [5, 5.41) is 0. The molecule has 2 aliphatic carbocycles. The zero-order valence-electron chi connectivity index (χ0n) is 7.65. The first-order chi connectivity index (χ1) is 6.36. The summed E-state index contributed by atoms with van der Waals surface area (Å²) in [5.74, 6) is 0. The van der Waals surface area contributed by atoms with Crippen molar-refractivity contribution in [1.29, 1.82) is 0 Å². The summed E-state index contributed by atoms with van der Waals surface area (Å²) in [6.07, 6.45) is 6.47. The second-order valence-electron chi connectivity index (χ2n) is 4.08. The Kier molecular flexibility index (Phi) is 1.40. The third kappa shape index (κ3) is 0.916. The Morgan fingerprint density at radius 1 is 0.846 bits per heavy atom. The fraction of sp³-hybridized carbons (Fsp3) is 0.545. The normalized spacial score (nSPS) is 18.8. The number of aromatic nitrogens is 1. The largest absolute Gasteiger partial charge is 0.362 e. The van der Waals surface area contributed by atoms with Gasteiger partial charge in [-0.2, -0.15) is 0 Å². The number of hydrogen-bond acceptors (Lipinski definition) is 1. The van der Waals surface area contributed by atoms with Crippen LogP contribution in [0.2, 0.25) is 0 Å². The van der Waals surface area contributed by atoms with Crippen molar-refractivity contribution in [3.8, 4) is 0 Å². The summed E-state index contributed by atoms with van der Waals surface area (Å²) < 4.78 is 0. The van der Waals surface area contributed by atoms with Gasteiger partial charge in [-0.3, -0.25) is 4.79 Å². The van der Waals surface area contributed by atoms with Crippen LogP contribution in [0.1, 0.15) is 35.4 Å². The Hall–Kier alpha value is -1.05. The van der Waals surface area contributed by atoms with Crippen LogP contribution in [-0.4, -0.2) is 4.98 Å². The van der Waals surface area contributed by atoms with E-state index in [2.05, 4.69) is 4.98 Å². The molecule has 13 heavy (non-hydrogen) atoms. The zero-order chi connectivity index (χ0) is 8.84. The minimum absolute atomic E-state index is 0.360. The summed E-state index contributed by atoms with van der Waals surface area (Å²) in [5.41, 5.74) is 4.98. The van der Waals surface area contributed by atoms with E-state index in [9.17, 15) is 4.79 Å². The van der Waals surface area contributed by atoms with Crippen LogP contribution in [0.4, 0.5) is 0 Å². The lowest BCUT2D eigenvalue weighted by atomic mass is 10.1. The van der Waals surface area contributed by atoms with Gasteiger partial charge in [0, 0.05) is 22.5 Å². The third-order valence-electron chi connectivity index (χ3n) is 3.29. The summed E-state index contributed by atoms with van der Waals surface area (Å²) in [6, 6.07) is 0. The first-order valence-electron chi connectivity index (χ1n) is 5.12. The van der Waals surface area contributed by atoms with Gasteiger partial charge in [0.1, 0.15) is 0 Å². The smallest absolute Gasteiger partial charge is 0.188 e. The molecule has 0 saturated heterocycles. The highest BCUT2D eigenvalue weighted by atomic mass is 16.1. The molecule has 0 bridgehead atoms. The lowest BCUT2D eigenvalue weighted by Crippen LogP contribution is -2.15. The number of H-pyrrole nitrogens is 1. The van der Waals surface area contributed by atoms with Crippen molar-refractivity contribution in [3.05, 3.63) is 32.7 Å². The molecule has 0 unspecified atom stereocenters. The summed E-state index contributed by atoms with van der Waals surface area (Å²) >= 11 is 0. The van der Waals surface area contributed by atoms with Crippen molar-refractivity contribution < 1.29 is 0 Å². The molecule has 1 aromatic rings. The molecule has 0 amide bonds. The molecule has 68 valence electrons. The number of fused-ring (bicyclic) bond motifs is 2. The van der Waals surface area contributed by atoms with E-state index in [0.29, 0.717) is 5.43 Å². The summed E-state index contributed by atoms with van der Waals surface area (Å²) in [6.45, 7) is 0. The fourth-order valence-corrected chi connectivity index (χ4v) is 2.63. The van der Waals surface area contributed by atoms with Gasteiger partial charge in [-0.05, 0) is 38.5 Å². The molecule has 0 fully saturated rings. The van der Waals surface area contributed by atoms with Crippen molar-refractivity contribution in [3.63, 3.8) is 0 Å². The van der Waals surface area contributed by atoms with Crippen molar-refractivity contribution in [2.45, 2.75) is 38.5 Å². The van der Waals surface area contributed by atoms with Crippen molar-refractivity contribution in [2.24, 2.45) is 0 Å². The molecule has 0 aliphatic heterocycles. The first kappa shape index (κ1) is 7.36. The van der Waals surface area contributed by atoms with Crippen LogP contribution in [0, 0.1) is 0 Å². The van der Waals surface area contributed by atoms with E-state index >= 15 is 0 Å². The van der Waals surface area contributed by atoms with Crippen LogP contribution in [0.5, 0.6) is 0 Å². The average Bonchev–Trinajstić information content (AvgIpc) is 2.71. The molecule has 2 nitrogen and oxygen atoms in total. The van der Waals surface area contributed by atoms with Gasteiger partial charge in [0.25, 0.3) is 0 Å². The number of aryl methyl sites for hydroxylation is 2. The zero-order valence-corrected chi connectivity index (χ0v) is 7.65. The molecular weight excluding hydrogens is 162 g/mol. The Bertz CT molecular complexity index is 382.